The molecule has 1 fully saturated rings. The Kier molecular flexibility index (Phi) is 5.69. The fraction of sp³-hybridized carbons (Fsp3) is 0.238. The van der Waals surface area contributed by atoms with E-state index < -0.39 is 11.7 Å². The van der Waals surface area contributed by atoms with Gasteiger partial charge in [-0.25, -0.2) is 0 Å². The lowest BCUT2D eigenvalue weighted by atomic mass is 10.1. The van der Waals surface area contributed by atoms with Gasteiger partial charge >= 0.3 is 6.18 Å². The van der Waals surface area contributed by atoms with Crippen LogP contribution in [0.5, 0.6) is 0 Å². The molecule has 0 spiro atoms. The van der Waals surface area contributed by atoms with Crippen molar-refractivity contribution in [2.24, 2.45) is 5.92 Å². The molecule has 7 heteroatoms. The zero-order chi connectivity index (χ0) is 20.1. The molecule has 2 N–H and O–H groups in total. The number of benzene rings is 2. The van der Waals surface area contributed by atoms with Crippen LogP contribution in [0, 0.1) is 17.8 Å². The molecule has 0 aliphatic heterocycles. The SMILES string of the molecule is O=C(NCC#Cc1cccc(C(F)(F)F)c1)c1ccc(NC(=O)C2CC2)cc1. The maximum Gasteiger partial charge on any atom is 0.416 e. The summed E-state index contributed by atoms with van der Waals surface area (Å²) in [7, 11) is 0. The largest absolute Gasteiger partial charge is 0.416 e. The second-order valence-electron chi connectivity index (χ2n) is 6.40. The molecule has 144 valence electrons. The lowest BCUT2D eigenvalue weighted by Crippen LogP contribution is -2.23. The second kappa shape index (κ2) is 8.17. The predicted octanol–water partition coefficient (Wildman–Crippen LogP) is 3.84. The molecule has 1 saturated carbocycles. The summed E-state index contributed by atoms with van der Waals surface area (Å²) >= 11 is 0. The Hall–Kier alpha value is -3.27. The number of halogens is 3. The average Bonchev–Trinajstić information content (AvgIpc) is 3.50. The normalized spacial score (nSPS) is 13.2. The molecule has 0 unspecified atom stereocenters. The number of alkyl halides is 3. The van der Waals surface area contributed by atoms with Gasteiger partial charge in [0.1, 0.15) is 0 Å². The van der Waals surface area contributed by atoms with Crippen LogP contribution in [0.2, 0.25) is 0 Å². The third-order valence-corrected chi connectivity index (χ3v) is 4.12. The molecule has 0 aromatic heterocycles. The van der Waals surface area contributed by atoms with Crippen LogP contribution in [0.25, 0.3) is 0 Å². The van der Waals surface area contributed by atoms with Gasteiger partial charge < -0.3 is 10.6 Å². The fourth-order valence-electron chi connectivity index (χ4n) is 2.44. The molecule has 2 amide bonds. The first-order chi connectivity index (χ1) is 13.3. The summed E-state index contributed by atoms with van der Waals surface area (Å²) in [4.78, 5) is 23.8. The molecule has 0 atom stereocenters. The fourth-order valence-corrected chi connectivity index (χ4v) is 2.44. The topological polar surface area (TPSA) is 58.2 Å². The number of rotatable bonds is 4. The van der Waals surface area contributed by atoms with Gasteiger partial charge in [0, 0.05) is 22.7 Å². The Balaban J connectivity index is 1.52. The highest BCUT2D eigenvalue weighted by atomic mass is 19.4. The molecule has 0 bridgehead atoms. The van der Waals surface area contributed by atoms with E-state index in [1.807, 2.05) is 0 Å². The lowest BCUT2D eigenvalue weighted by molar-refractivity contribution is -0.137. The van der Waals surface area contributed by atoms with Gasteiger partial charge in [-0.3, -0.25) is 9.59 Å². The van der Waals surface area contributed by atoms with Gasteiger partial charge in [-0.05, 0) is 55.3 Å². The van der Waals surface area contributed by atoms with Gasteiger partial charge in [0.15, 0.2) is 0 Å². The number of nitrogens with one attached hydrogen (secondary N) is 2. The van der Waals surface area contributed by atoms with Crippen molar-refractivity contribution in [3.05, 3.63) is 65.2 Å². The van der Waals surface area contributed by atoms with Gasteiger partial charge in [0.2, 0.25) is 5.91 Å². The van der Waals surface area contributed by atoms with Crippen LogP contribution in [-0.2, 0) is 11.0 Å². The van der Waals surface area contributed by atoms with Crippen LogP contribution in [-0.4, -0.2) is 18.4 Å². The van der Waals surface area contributed by atoms with Crippen LogP contribution in [0.4, 0.5) is 18.9 Å². The molecule has 2 aromatic rings. The van der Waals surface area contributed by atoms with Crippen molar-refractivity contribution in [3.63, 3.8) is 0 Å². The third-order valence-electron chi connectivity index (χ3n) is 4.12. The number of amides is 2. The minimum Gasteiger partial charge on any atom is -0.341 e. The van der Waals surface area contributed by atoms with E-state index >= 15 is 0 Å². The number of anilines is 1. The highest BCUT2D eigenvalue weighted by Crippen LogP contribution is 2.30. The van der Waals surface area contributed by atoms with Crippen LogP contribution in [0.3, 0.4) is 0 Å². The predicted molar refractivity (Wildman–Crippen MR) is 98.5 cm³/mol. The molecule has 28 heavy (non-hydrogen) atoms. The van der Waals surface area contributed by atoms with E-state index in [1.165, 1.54) is 12.1 Å². The van der Waals surface area contributed by atoms with Crippen molar-refractivity contribution >= 4 is 17.5 Å². The van der Waals surface area contributed by atoms with Crippen molar-refractivity contribution in [1.82, 2.24) is 5.32 Å². The van der Waals surface area contributed by atoms with Crippen molar-refractivity contribution in [3.8, 4) is 11.8 Å². The van der Waals surface area contributed by atoms with Crippen molar-refractivity contribution < 1.29 is 22.8 Å². The molecule has 2 aromatic carbocycles. The van der Waals surface area contributed by atoms with Crippen molar-refractivity contribution in [2.45, 2.75) is 19.0 Å². The van der Waals surface area contributed by atoms with Crippen molar-refractivity contribution in [1.29, 1.82) is 0 Å². The maximum absolute atomic E-state index is 12.7. The first-order valence-electron chi connectivity index (χ1n) is 8.68. The van der Waals surface area contributed by atoms with E-state index in [1.54, 1.807) is 24.3 Å². The zero-order valence-corrected chi connectivity index (χ0v) is 14.8. The lowest BCUT2D eigenvalue weighted by Gasteiger charge is -2.06. The third kappa shape index (κ3) is 5.36. The summed E-state index contributed by atoms with van der Waals surface area (Å²) < 4.78 is 38.0. The first kappa shape index (κ1) is 19.5. The summed E-state index contributed by atoms with van der Waals surface area (Å²) in [5.74, 6) is 4.95. The standard InChI is InChI=1S/C21H17F3N2O2/c22-21(23,24)17-5-1-3-14(13-17)4-2-12-25-19(27)15-8-10-18(11-9-15)26-20(28)16-6-7-16/h1,3,5,8-11,13,16H,6-7,12H2,(H,25,27)(H,26,28). The van der Waals surface area contributed by atoms with Crippen LogP contribution >= 0.6 is 0 Å². The molecule has 1 aliphatic carbocycles. The number of hydrogen-bond acceptors (Lipinski definition) is 2. The molecular weight excluding hydrogens is 369 g/mol. The van der Waals surface area contributed by atoms with E-state index in [0.29, 0.717) is 11.3 Å². The van der Waals surface area contributed by atoms with Gasteiger partial charge in [-0.15, -0.1) is 0 Å². The van der Waals surface area contributed by atoms with Crippen LogP contribution in [0.15, 0.2) is 48.5 Å². The monoisotopic (exact) mass is 386 g/mol. The van der Waals surface area contributed by atoms with E-state index in [-0.39, 0.29) is 29.8 Å². The highest BCUT2D eigenvalue weighted by Gasteiger charge is 2.30. The highest BCUT2D eigenvalue weighted by molar-refractivity contribution is 5.96. The average molecular weight is 386 g/mol. The van der Waals surface area contributed by atoms with E-state index in [2.05, 4.69) is 22.5 Å². The maximum atomic E-state index is 12.7. The quantitative estimate of drug-likeness (QED) is 0.785. The number of hydrogen-bond donors (Lipinski definition) is 2. The van der Waals surface area contributed by atoms with Gasteiger partial charge in [-0.2, -0.15) is 13.2 Å². The first-order valence-corrected chi connectivity index (χ1v) is 8.68. The number of carbonyl (C=O) groups excluding carboxylic acids is 2. The molecule has 0 saturated heterocycles. The van der Waals surface area contributed by atoms with Gasteiger partial charge in [0.05, 0.1) is 12.1 Å². The van der Waals surface area contributed by atoms with E-state index in [4.69, 9.17) is 0 Å². The van der Waals surface area contributed by atoms with Crippen LogP contribution in [0.1, 0.15) is 34.3 Å². The molecule has 4 nitrogen and oxygen atoms in total. The summed E-state index contributed by atoms with van der Waals surface area (Å²) in [6.07, 6.45) is -2.60. The molecule has 3 rings (SSSR count). The number of carbonyl (C=O) groups is 2. The second-order valence-corrected chi connectivity index (χ2v) is 6.40. The summed E-state index contributed by atoms with van der Waals surface area (Å²) in [5, 5.41) is 5.36. The van der Waals surface area contributed by atoms with Crippen LogP contribution < -0.4 is 10.6 Å². The van der Waals surface area contributed by atoms with E-state index in [0.717, 1.165) is 25.0 Å². The minimum atomic E-state index is -4.42. The Morgan fingerprint density at radius 2 is 1.79 bits per heavy atom. The Morgan fingerprint density at radius 1 is 1.07 bits per heavy atom. The summed E-state index contributed by atoms with van der Waals surface area (Å²) in [5.41, 5.74) is 0.472. The summed E-state index contributed by atoms with van der Waals surface area (Å²) in [6, 6.07) is 11.1. The molecule has 0 radical (unpaired) electrons. The Labute approximate surface area is 160 Å². The minimum absolute atomic E-state index is 0.00472. The van der Waals surface area contributed by atoms with E-state index in [9.17, 15) is 22.8 Å². The zero-order valence-electron chi connectivity index (χ0n) is 14.8. The molecule has 1 aliphatic rings. The molecular formula is C21H17F3N2O2. The smallest absolute Gasteiger partial charge is 0.341 e. The summed E-state index contributed by atoms with van der Waals surface area (Å²) in [6.45, 7) is -0.00472. The molecule has 0 heterocycles. The Morgan fingerprint density at radius 3 is 2.43 bits per heavy atom. The van der Waals surface area contributed by atoms with Crippen molar-refractivity contribution in [2.75, 3.05) is 11.9 Å². The Bertz CT molecular complexity index is 937. The van der Waals surface area contributed by atoms with Gasteiger partial charge in [-0.1, -0.05) is 17.9 Å². The van der Waals surface area contributed by atoms with Gasteiger partial charge in [0.25, 0.3) is 5.91 Å².